The molecule has 0 aliphatic heterocycles. The van der Waals surface area contributed by atoms with Gasteiger partial charge in [-0.1, -0.05) is 53.7 Å². The maximum Gasteiger partial charge on any atom is 0.252 e. The van der Waals surface area contributed by atoms with Crippen LogP contribution >= 0.6 is 23.4 Å². The van der Waals surface area contributed by atoms with E-state index >= 15 is 0 Å². The third kappa shape index (κ3) is 6.09. The summed E-state index contributed by atoms with van der Waals surface area (Å²) in [4.78, 5) is 13.2. The Labute approximate surface area is 226 Å². The van der Waals surface area contributed by atoms with Gasteiger partial charge in [0.05, 0.1) is 25.9 Å². The average Bonchev–Trinajstić information content (AvgIpc) is 3.33. The number of hydrogen-bond donors (Lipinski definition) is 1. The zero-order valence-electron chi connectivity index (χ0n) is 21.4. The number of aryl methyl sites for hydroxylation is 2. The van der Waals surface area contributed by atoms with E-state index in [2.05, 4.69) is 34.6 Å². The van der Waals surface area contributed by atoms with Crippen LogP contribution < -0.4 is 14.8 Å². The van der Waals surface area contributed by atoms with Gasteiger partial charge < -0.3 is 14.8 Å². The van der Waals surface area contributed by atoms with Crippen LogP contribution in [0.1, 0.15) is 45.8 Å². The lowest BCUT2D eigenvalue weighted by Crippen LogP contribution is -2.28. The normalized spacial score (nSPS) is 11.7. The fourth-order valence-electron chi connectivity index (χ4n) is 3.90. The van der Waals surface area contributed by atoms with Gasteiger partial charge in [-0.05, 0) is 61.7 Å². The molecule has 0 aliphatic carbocycles. The van der Waals surface area contributed by atoms with Crippen LogP contribution in [0.15, 0.2) is 65.8 Å². The van der Waals surface area contributed by atoms with Gasteiger partial charge in [-0.2, -0.15) is 0 Å². The topological polar surface area (TPSA) is 78.3 Å². The summed E-state index contributed by atoms with van der Waals surface area (Å²) < 4.78 is 12.6. The number of nitrogens with zero attached hydrogens (tertiary/aromatic N) is 3. The third-order valence-electron chi connectivity index (χ3n) is 6.04. The molecule has 3 aromatic carbocycles. The van der Waals surface area contributed by atoms with E-state index in [1.807, 2.05) is 48.7 Å². The van der Waals surface area contributed by atoms with Crippen molar-refractivity contribution in [2.45, 2.75) is 37.7 Å². The molecular weight excluding hydrogens is 508 g/mol. The molecule has 9 heteroatoms. The van der Waals surface area contributed by atoms with Crippen LogP contribution in [0, 0.1) is 13.8 Å². The van der Waals surface area contributed by atoms with Crippen molar-refractivity contribution in [2.75, 3.05) is 14.2 Å². The molecule has 1 heterocycles. The second kappa shape index (κ2) is 11.7. The van der Waals surface area contributed by atoms with Crippen LogP contribution in [0.3, 0.4) is 0 Å². The first-order chi connectivity index (χ1) is 17.8. The van der Waals surface area contributed by atoms with Crippen molar-refractivity contribution in [3.63, 3.8) is 0 Å². The zero-order chi connectivity index (χ0) is 26.5. The molecule has 0 saturated heterocycles. The monoisotopic (exact) mass is 536 g/mol. The molecule has 0 aliphatic rings. The highest BCUT2D eigenvalue weighted by Crippen LogP contribution is 2.31. The number of aromatic nitrogens is 3. The average molecular weight is 537 g/mol. The summed E-state index contributed by atoms with van der Waals surface area (Å²) in [5.74, 6) is 2.11. The molecule has 7 nitrogen and oxygen atoms in total. The molecule has 0 radical (unpaired) electrons. The molecule has 1 aromatic heterocycles. The van der Waals surface area contributed by atoms with E-state index in [0.717, 1.165) is 17.0 Å². The minimum Gasteiger partial charge on any atom is -0.497 e. The van der Waals surface area contributed by atoms with E-state index in [1.54, 1.807) is 44.2 Å². The Kier molecular flexibility index (Phi) is 8.41. The summed E-state index contributed by atoms with van der Waals surface area (Å²) >= 11 is 7.97. The highest BCUT2D eigenvalue weighted by Gasteiger charge is 2.23. The van der Waals surface area contributed by atoms with Gasteiger partial charge >= 0.3 is 0 Å². The maximum absolute atomic E-state index is 13.2. The van der Waals surface area contributed by atoms with E-state index in [9.17, 15) is 4.79 Å². The van der Waals surface area contributed by atoms with Crippen molar-refractivity contribution in [1.82, 2.24) is 20.1 Å². The van der Waals surface area contributed by atoms with E-state index in [1.165, 1.54) is 11.1 Å². The number of rotatable bonds is 9. The second-order valence-corrected chi connectivity index (χ2v) is 10.00. The number of carbonyl (C=O) groups excluding carboxylic acids is 1. The Bertz CT molecular complexity index is 1400. The first-order valence-corrected chi connectivity index (χ1v) is 13.1. The van der Waals surface area contributed by atoms with Gasteiger partial charge in [0.1, 0.15) is 11.5 Å². The molecule has 192 valence electrons. The fourth-order valence-corrected chi connectivity index (χ4v) is 5.10. The van der Waals surface area contributed by atoms with Gasteiger partial charge in [-0.15, -0.1) is 10.2 Å². The molecular formula is C28H29ClN4O3S. The third-order valence-corrected chi connectivity index (χ3v) is 7.25. The predicted molar refractivity (Wildman–Crippen MR) is 147 cm³/mol. The van der Waals surface area contributed by atoms with Crippen LogP contribution in [0.25, 0.3) is 5.69 Å². The molecule has 1 amide bonds. The molecule has 0 spiro atoms. The summed E-state index contributed by atoms with van der Waals surface area (Å²) in [7, 11) is 3.09. The summed E-state index contributed by atoms with van der Waals surface area (Å²) in [6.07, 6.45) is 0. The Hall–Kier alpha value is -3.49. The van der Waals surface area contributed by atoms with Crippen LogP contribution in [0.2, 0.25) is 5.02 Å². The number of halogens is 1. The van der Waals surface area contributed by atoms with Gasteiger partial charge in [0.15, 0.2) is 11.0 Å². The lowest BCUT2D eigenvalue weighted by Gasteiger charge is -2.18. The minimum absolute atomic E-state index is 0.281. The van der Waals surface area contributed by atoms with E-state index in [4.69, 9.17) is 21.1 Å². The molecule has 4 aromatic rings. The molecule has 1 atom stereocenters. The largest absolute Gasteiger partial charge is 0.497 e. The molecule has 4 rings (SSSR count). The van der Waals surface area contributed by atoms with Crippen LogP contribution in [0.5, 0.6) is 11.5 Å². The molecule has 1 unspecified atom stereocenters. The quantitative estimate of drug-likeness (QED) is 0.251. The van der Waals surface area contributed by atoms with Crippen molar-refractivity contribution < 1.29 is 14.3 Å². The first kappa shape index (κ1) is 26.6. The number of methoxy groups -OCH3 is 2. The summed E-state index contributed by atoms with van der Waals surface area (Å²) in [6, 6.07) is 18.6. The van der Waals surface area contributed by atoms with Crippen molar-refractivity contribution >= 4 is 29.3 Å². The Balaban J connectivity index is 1.68. The van der Waals surface area contributed by atoms with Crippen molar-refractivity contribution in [2.24, 2.45) is 0 Å². The smallest absolute Gasteiger partial charge is 0.252 e. The predicted octanol–water partition coefficient (Wildman–Crippen LogP) is 6.34. The Morgan fingerprint density at radius 1 is 1.00 bits per heavy atom. The summed E-state index contributed by atoms with van der Waals surface area (Å²) in [5, 5.41) is 13.4. The van der Waals surface area contributed by atoms with Crippen LogP contribution in [-0.2, 0) is 5.75 Å². The van der Waals surface area contributed by atoms with Gasteiger partial charge in [-0.25, -0.2) is 0 Å². The fraction of sp³-hybridized carbons (Fsp3) is 0.250. The lowest BCUT2D eigenvalue weighted by molar-refractivity contribution is 0.0937. The molecule has 0 fully saturated rings. The summed E-state index contributed by atoms with van der Waals surface area (Å²) in [5.41, 5.74) is 4.74. The standard InChI is InChI=1S/C28H29ClN4O3S/c1-17-8-6-7-9-20(17)16-37-28-32-31-26(33(28)25-14-22(29)11-10-18(25)2)19(3)30-27(34)21-12-23(35-4)15-24(13-21)36-5/h6-15,19H,16H2,1-5H3,(H,30,34). The van der Waals surface area contributed by atoms with Crippen molar-refractivity contribution in [3.05, 3.63) is 93.8 Å². The second-order valence-electron chi connectivity index (χ2n) is 8.62. The number of amides is 1. The van der Waals surface area contributed by atoms with Crippen molar-refractivity contribution in [3.8, 4) is 17.2 Å². The number of hydrogen-bond acceptors (Lipinski definition) is 6. The number of benzene rings is 3. The van der Waals surface area contributed by atoms with Gasteiger partial charge in [-0.3, -0.25) is 9.36 Å². The molecule has 37 heavy (non-hydrogen) atoms. The number of ether oxygens (including phenoxy) is 2. The number of thioether (sulfide) groups is 1. The highest BCUT2D eigenvalue weighted by molar-refractivity contribution is 7.98. The lowest BCUT2D eigenvalue weighted by atomic mass is 10.1. The van der Waals surface area contributed by atoms with Crippen LogP contribution in [-0.4, -0.2) is 34.9 Å². The maximum atomic E-state index is 13.2. The van der Waals surface area contributed by atoms with Gasteiger partial charge in [0.2, 0.25) is 0 Å². The SMILES string of the molecule is COc1cc(OC)cc(C(=O)NC(C)c2nnc(SCc3ccccc3C)n2-c2cc(Cl)ccc2C)c1. The molecule has 0 bridgehead atoms. The summed E-state index contributed by atoms with van der Waals surface area (Å²) in [6.45, 7) is 5.99. The van der Waals surface area contributed by atoms with Crippen LogP contribution in [0.4, 0.5) is 0 Å². The first-order valence-electron chi connectivity index (χ1n) is 11.7. The number of nitrogens with one attached hydrogen (secondary N) is 1. The van der Waals surface area contributed by atoms with E-state index in [0.29, 0.717) is 33.1 Å². The van der Waals surface area contributed by atoms with Gasteiger partial charge in [0.25, 0.3) is 5.91 Å². The molecule has 1 N–H and O–H groups in total. The van der Waals surface area contributed by atoms with Gasteiger partial charge in [0, 0.05) is 22.4 Å². The number of carbonyl (C=O) groups is 1. The molecule has 0 saturated carbocycles. The van der Waals surface area contributed by atoms with E-state index < -0.39 is 6.04 Å². The van der Waals surface area contributed by atoms with E-state index in [-0.39, 0.29) is 5.91 Å². The Morgan fingerprint density at radius 2 is 1.70 bits per heavy atom. The Morgan fingerprint density at radius 3 is 2.38 bits per heavy atom. The van der Waals surface area contributed by atoms with Crippen molar-refractivity contribution in [1.29, 1.82) is 0 Å². The zero-order valence-corrected chi connectivity index (χ0v) is 23.0. The highest BCUT2D eigenvalue weighted by atomic mass is 35.5. The minimum atomic E-state index is -0.455.